The summed E-state index contributed by atoms with van der Waals surface area (Å²) in [5.74, 6) is 1.13. The highest BCUT2D eigenvalue weighted by atomic mass is 16.5. The summed E-state index contributed by atoms with van der Waals surface area (Å²) in [6, 6.07) is 0. The molecule has 13 heavy (non-hydrogen) atoms. The van der Waals surface area contributed by atoms with Crippen molar-refractivity contribution in [3.8, 4) is 0 Å². The molecule has 0 aromatic rings. The van der Waals surface area contributed by atoms with Gasteiger partial charge in [0.1, 0.15) is 0 Å². The van der Waals surface area contributed by atoms with E-state index in [2.05, 4.69) is 12.2 Å². The lowest BCUT2D eigenvalue weighted by molar-refractivity contribution is -0.147. The molecule has 72 valence electrons. The van der Waals surface area contributed by atoms with Gasteiger partial charge in [0, 0.05) is 0 Å². The molecule has 3 heteroatoms. The van der Waals surface area contributed by atoms with Crippen molar-refractivity contribution in [2.45, 2.75) is 6.42 Å². The summed E-state index contributed by atoms with van der Waals surface area (Å²) in [5.41, 5.74) is 5.66. The largest absolute Gasteiger partial charge is 0.469 e. The number of fused-ring (bicyclic) bond motifs is 2. The molecule has 0 aromatic heterocycles. The van der Waals surface area contributed by atoms with Gasteiger partial charge in [-0.25, -0.2) is 0 Å². The predicted molar refractivity (Wildman–Crippen MR) is 48.8 cm³/mol. The van der Waals surface area contributed by atoms with Gasteiger partial charge in [-0.2, -0.15) is 0 Å². The van der Waals surface area contributed by atoms with Crippen molar-refractivity contribution in [2.75, 3.05) is 13.7 Å². The SMILES string of the molecule is COC(=O)C1C2C=CC(C2)C1CN. The third kappa shape index (κ3) is 1.18. The van der Waals surface area contributed by atoms with E-state index in [1.54, 1.807) is 0 Å². The number of ether oxygens (including phenoxy) is 1. The highest BCUT2D eigenvalue weighted by Gasteiger charge is 2.47. The summed E-state index contributed by atoms with van der Waals surface area (Å²) in [6.07, 6.45) is 5.42. The van der Waals surface area contributed by atoms with E-state index in [-0.39, 0.29) is 11.9 Å². The zero-order valence-corrected chi connectivity index (χ0v) is 7.77. The van der Waals surface area contributed by atoms with E-state index in [0.29, 0.717) is 24.3 Å². The highest BCUT2D eigenvalue weighted by Crippen LogP contribution is 2.47. The van der Waals surface area contributed by atoms with Gasteiger partial charge in [-0.05, 0) is 30.7 Å². The fraction of sp³-hybridized carbons (Fsp3) is 0.700. The van der Waals surface area contributed by atoms with Crippen LogP contribution in [0.3, 0.4) is 0 Å². The van der Waals surface area contributed by atoms with Gasteiger partial charge >= 0.3 is 5.97 Å². The molecule has 2 bridgehead atoms. The standard InChI is InChI=1S/C10H15NO2/c1-13-10(12)9-7-3-2-6(4-7)8(9)5-11/h2-3,6-9H,4-5,11H2,1H3. The van der Waals surface area contributed by atoms with Crippen molar-refractivity contribution in [1.82, 2.24) is 0 Å². The molecule has 2 N–H and O–H groups in total. The van der Waals surface area contributed by atoms with Crippen LogP contribution < -0.4 is 5.73 Å². The zero-order valence-electron chi connectivity index (χ0n) is 7.77. The molecule has 0 amide bonds. The van der Waals surface area contributed by atoms with E-state index in [1.165, 1.54) is 7.11 Å². The molecular weight excluding hydrogens is 166 g/mol. The molecule has 4 atom stereocenters. The van der Waals surface area contributed by atoms with Gasteiger partial charge in [-0.3, -0.25) is 4.79 Å². The third-order valence-corrected chi connectivity index (χ3v) is 3.37. The van der Waals surface area contributed by atoms with Crippen molar-refractivity contribution in [3.63, 3.8) is 0 Å². The molecule has 0 radical (unpaired) electrons. The first-order chi connectivity index (χ1) is 6.27. The van der Waals surface area contributed by atoms with Crippen molar-refractivity contribution < 1.29 is 9.53 Å². The maximum absolute atomic E-state index is 11.5. The van der Waals surface area contributed by atoms with Gasteiger partial charge in [0.2, 0.25) is 0 Å². The molecule has 3 nitrogen and oxygen atoms in total. The Hall–Kier alpha value is -0.830. The Labute approximate surface area is 77.9 Å². The number of methoxy groups -OCH3 is 1. The molecule has 0 heterocycles. The maximum Gasteiger partial charge on any atom is 0.309 e. The van der Waals surface area contributed by atoms with Crippen LogP contribution >= 0.6 is 0 Å². The summed E-state index contributed by atoms with van der Waals surface area (Å²) >= 11 is 0. The van der Waals surface area contributed by atoms with E-state index in [9.17, 15) is 4.79 Å². The monoisotopic (exact) mass is 181 g/mol. The lowest BCUT2D eigenvalue weighted by atomic mass is 9.83. The number of hydrogen-bond donors (Lipinski definition) is 1. The van der Waals surface area contributed by atoms with Crippen molar-refractivity contribution >= 4 is 5.97 Å². The molecule has 0 spiro atoms. The van der Waals surface area contributed by atoms with Gasteiger partial charge in [0.05, 0.1) is 13.0 Å². The number of allylic oxidation sites excluding steroid dienone is 2. The molecule has 2 rings (SSSR count). The third-order valence-electron chi connectivity index (χ3n) is 3.37. The van der Waals surface area contributed by atoms with E-state index in [4.69, 9.17) is 10.5 Å². The van der Waals surface area contributed by atoms with Crippen molar-refractivity contribution in [3.05, 3.63) is 12.2 Å². The summed E-state index contributed by atoms with van der Waals surface area (Å²) < 4.78 is 4.79. The van der Waals surface area contributed by atoms with Gasteiger partial charge < -0.3 is 10.5 Å². The van der Waals surface area contributed by atoms with Crippen molar-refractivity contribution in [2.24, 2.45) is 29.4 Å². The summed E-state index contributed by atoms with van der Waals surface area (Å²) in [6.45, 7) is 0.589. The summed E-state index contributed by atoms with van der Waals surface area (Å²) in [4.78, 5) is 11.5. The van der Waals surface area contributed by atoms with Crippen LogP contribution in [0.25, 0.3) is 0 Å². The van der Waals surface area contributed by atoms with Crippen LogP contribution in [0, 0.1) is 23.7 Å². The second kappa shape index (κ2) is 3.14. The van der Waals surface area contributed by atoms with Crippen LogP contribution in [-0.4, -0.2) is 19.6 Å². The molecule has 2 aliphatic rings. The molecule has 0 aromatic carbocycles. The molecule has 1 saturated carbocycles. The number of carbonyl (C=O) groups is 1. The second-order valence-electron chi connectivity index (χ2n) is 3.90. The zero-order chi connectivity index (χ0) is 9.42. The Morgan fingerprint density at radius 3 is 2.85 bits per heavy atom. The first-order valence-electron chi connectivity index (χ1n) is 4.74. The molecule has 0 saturated heterocycles. The molecule has 1 fully saturated rings. The average Bonchev–Trinajstić information content (AvgIpc) is 2.74. The van der Waals surface area contributed by atoms with E-state index < -0.39 is 0 Å². The second-order valence-corrected chi connectivity index (χ2v) is 3.90. The molecular formula is C10H15NO2. The predicted octanol–water partition coefficient (Wildman–Crippen LogP) is 0.556. The molecule has 2 aliphatic carbocycles. The molecule has 0 aliphatic heterocycles. The van der Waals surface area contributed by atoms with Crippen LogP contribution in [0.4, 0.5) is 0 Å². The summed E-state index contributed by atoms with van der Waals surface area (Å²) in [7, 11) is 1.45. The number of esters is 1. The topological polar surface area (TPSA) is 52.3 Å². The first-order valence-corrected chi connectivity index (χ1v) is 4.74. The van der Waals surface area contributed by atoms with Crippen LogP contribution in [0.2, 0.25) is 0 Å². The maximum atomic E-state index is 11.5. The Morgan fingerprint density at radius 1 is 1.54 bits per heavy atom. The number of rotatable bonds is 2. The smallest absolute Gasteiger partial charge is 0.309 e. The fourth-order valence-corrected chi connectivity index (χ4v) is 2.73. The Balaban J connectivity index is 2.18. The normalized spacial score (nSPS) is 41.1. The number of nitrogens with two attached hydrogens (primary N) is 1. The first kappa shape index (κ1) is 8.75. The van der Waals surface area contributed by atoms with Crippen LogP contribution in [-0.2, 0) is 9.53 Å². The summed E-state index contributed by atoms with van der Waals surface area (Å²) in [5, 5.41) is 0. The average molecular weight is 181 g/mol. The minimum absolute atomic E-state index is 0.0185. The van der Waals surface area contributed by atoms with E-state index in [1.807, 2.05) is 0 Å². The minimum atomic E-state index is -0.0905. The van der Waals surface area contributed by atoms with Gasteiger partial charge in [0.25, 0.3) is 0 Å². The number of carbonyl (C=O) groups excluding carboxylic acids is 1. The Kier molecular flexibility index (Phi) is 2.12. The van der Waals surface area contributed by atoms with E-state index >= 15 is 0 Å². The van der Waals surface area contributed by atoms with Gasteiger partial charge in [0.15, 0.2) is 0 Å². The molecule has 4 unspecified atom stereocenters. The van der Waals surface area contributed by atoms with Gasteiger partial charge in [-0.1, -0.05) is 12.2 Å². The quantitative estimate of drug-likeness (QED) is 0.500. The van der Waals surface area contributed by atoms with E-state index in [0.717, 1.165) is 6.42 Å². The Bertz CT molecular complexity index is 249. The Morgan fingerprint density at radius 2 is 2.23 bits per heavy atom. The fourth-order valence-electron chi connectivity index (χ4n) is 2.73. The van der Waals surface area contributed by atoms with Crippen LogP contribution in [0.15, 0.2) is 12.2 Å². The lowest BCUT2D eigenvalue weighted by Crippen LogP contribution is -2.33. The van der Waals surface area contributed by atoms with Crippen LogP contribution in [0.1, 0.15) is 6.42 Å². The van der Waals surface area contributed by atoms with Crippen molar-refractivity contribution in [1.29, 1.82) is 0 Å². The number of hydrogen-bond acceptors (Lipinski definition) is 3. The lowest BCUT2D eigenvalue weighted by Gasteiger charge is -2.24. The highest BCUT2D eigenvalue weighted by molar-refractivity contribution is 5.74. The van der Waals surface area contributed by atoms with Gasteiger partial charge in [-0.15, -0.1) is 0 Å². The minimum Gasteiger partial charge on any atom is -0.469 e. The van der Waals surface area contributed by atoms with Crippen LogP contribution in [0.5, 0.6) is 0 Å².